The first-order chi connectivity index (χ1) is 9.26. The van der Waals surface area contributed by atoms with Gasteiger partial charge in [0.15, 0.2) is 0 Å². The molecule has 19 heavy (non-hydrogen) atoms. The molecule has 0 heterocycles. The van der Waals surface area contributed by atoms with Crippen molar-refractivity contribution < 1.29 is 4.74 Å². The normalized spacial score (nSPS) is 30.1. The summed E-state index contributed by atoms with van der Waals surface area (Å²) in [4.78, 5) is 0. The van der Waals surface area contributed by atoms with Crippen molar-refractivity contribution in [3.8, 4) is 5.75 Å². The second kappa shape index (κ2) is 5.54. The molecule has 3 unspecified atom stereocenters. The quantitative estimate of drug-likeness (QED) is 0.890. The molecule has 1 aromatic carbocycles. The maximum Gasteiger partial charge on any atom is 0.119 e. The number of ether oxygens (including phenoxy) is 1. The van der Waals surface area contributed by atoms with Gasteiger partial charge in [-0.1, -0.05) is 13.0 Å². The van der Waals surface area contributed by atoms with E-state index in [4.69, 9.17) is 4.74 Å². The number of nitrogens with one attached hydrogen (secondary N) is 1. The Morgan fingerprint density at radius 3 is 2.84 bits per heavy atom. The number of benzene rings is 1. The monoisotopic (exact) mass is 259 g/mol. The summed E-state index contributed by atoms with van der Waals surface area (Å²) < 4.78 is 5.39. The van der Waals surface area contributed by atoms with Crippen molar-refractivity contribution in [2.24, 2.45) is 5.92 Å². The maximum atomic E-state index is 5.39. The molecule has 0 saturated heterocycles. The van der Waals surface area contributed by atoms with Crippen molar-refractivity contribution in [2.75, 3.05) is 7.11 Å². The lowest BCUT2D eigenvalue weighted by Gasteiger charge is -2.29. The van der Waals surface area contributed by atoms with Crippen LogP contribution in [0.4, 0.5) is 0 Å². The molecule has 1 aromatic rings. The first-order valence-corrected chi connectivity index (χ1v) is 7.69. The van der Waals surface area contributed by atoms with Crippen LogP contribution in [0.15, 0.2) is 18.2 Å². The highest BCUT2D eigenvalue weighted by Gasteiger charge is 2.27. The number of hydrogen-bond donors (Lipinski definition) is 1. The van der Waals surface area contributed by atoms with Crippen LogP contribution in [-0.2, 0) is 6.42 Å². The Labute approximate surface area is 116 Å². The molecule has 2 nitrogen and oxygen atoms in total. The third kappa shape index (κ3) is 2.79. The highest BCUT2D eigenvalue weighted by molar-refractivity contribution is 5.39. The van der Waals surface area contributed by atoms with Gasteiger partial charge < -0.3 is 10.1 Å². The standard InChI is InChI=1S/C17H25NO/c1-12-6-8-14(10-12)18-17-5-3-4-13-7-9-15(19-2)11-16(13)17/h7,9,11-12,14,17-18H,3-6,8,10H2,1-2H3. The van der Waals surface area contributed by atoms with Crippen LogP contribution in [0.1, 0.15) is 56.2 Å². The molecular formula is C17H25NO. The summed E-state index contributed by atoms with van der Waals surface area (Å²) in [6.07, 6.45) is 7.87. The average molecular weight is 259 g/mol. The number of hydrogen-bond acceptors (Lipinski definition) is 2. The van der Waals surface area contributed by atoms with E-state index >= 15 is 0 Å². The molecule has 0 aliphatic heterocycles. The third-order valence-corrected chi connectivity index (χ3v) is 4.80. The maximum absolute atomic E-state index is 5.39. The first kappa shape index (κ1) is 13.0. The highest BCUT2D eigenvalue weighted by atomic mass is 16.5. The lowest BCUT2D eigenvalue weighted by atomic mass is 9.87. The second-order valence-electron chi connectivity index (χ2n) is 6.29. The molecule has 3 atom stereocenters. The van der Waals surface area contributed by atoms with Gasteiger partial charge in [-0.25, -0.2) is 0 Å². The van der Waals surface area contributed by atoms with Crippen LogP contribution in [0.5, 0.6) is 5.75 Å². The van der Waals surface area contributed by atoms with E-state index in [-0.39, 0.29) is 0 Å². The Balaban J connectivity index is 1.77. The molecule has 0 radical (unpaired) electrons. The molecule has 1 saturated carbocycles. The molecule has 3 rings (SSSR count). The smallest absolute Gasteiger partial charge is 0.119 e. The lowest BCUT2D eigenvalue weighted by Crippen LogP contribution is -2.33. The number of aryl methyl sites for hydroxylation is 1. The van der Waals surface area contributed by atoms with Crippen molar-refractivity contribution in [3.05, 3.63) is 29.3 Å². The molecule has 1 fully saturated rings. The Morgan fingerprint density at radius 1 is 1.21 bits per heavy atom. The van der Waals surface area contributed by atoms with Crippen LogP contribution in [0.3, 0.4) is 0 Å². The van der Waals surface area contributed by atoms with Gasteiger partial charge in [-0.2, -0.15) is 0 Å². The van der Waals surface area contributed by atoms with E-state index in [0.29, 0.717) is 6.04 Å². The van der Waals surface area contributed by atoms with Crippen LogP contribution in [0.2, 0.25) is 0 Å². The minimum Gasteiger partial charge on any atom is -0.497 e. The van der Waals surface area contributed by atoms with Crippen LogP contribution >= 0.6 is 0 Å². The Kier molecular flexibility index (Phi) is 3.79. The summed E-state index contributed by atoms with van der Waals surface area (Å²) in [7, 11) is 1.76. The summed E-state index contributed by atoms with van der Waals surface area (Å²) in [5, 5.41) is 3.90. The van der Waals surface area contributed by atoms with Crippen molar-refractivity contribution in [2.45, 2.75) is 57.5 Å². The Hall–Kier alpha value is -1.02. The molecule has 2 heteroatoms. The van der Waals surface area contributed by atoms with E-state index in [1.807, 2.05) is 0 Å². The highest BCUT2D eigenvalue weighted by Crippen LogP contribution is 2.35. The van der Waals surface area contributed by atoms with Crippen LogP contribution < -0.4 is 10.1 Å². The van der Waals surface area contributed by atoms with E-state index in [1.54, 1.807) is 7.11 Å². The van der Waals surface area contributed by atoms with Gasteiger partial charge in [-0.05, 0) is 67.7 Å². The van der Waals surface area contributed by atoms with Gasteiger partial charge in [0.05, 0.1) is 7.11 Å². The fraction of sp³-hybridized carbons (Fsp3) is 0.647. The fourth-order valence-corrected chi connectivity index (χ4v) is 3.72. The van der Waals surface area contributed by atoms with Gasteiger partial charge in [-0.15, -0.1) is 0 Å². The Morgan fingerprint density at radius 2 is 2.11 bits per heavy atom. The van der Waals surface area contributed by atoms with Crippen molar-refractivity contribution in [1.82, 2.24) is 5.32 Å². The van der Waals surface area contributed by atoms with Crippen molar-refractivity contribution in [3.63, 3.8) is 0 Å². The SMILES string of the molecule is COc1ccc2c(c1)C(NC1CCC(C)C1)CCC2. The van der Waals surface area contributed by atoms with Gasteiger partial charge in [0.1, 0.15) is 5.75 Å². The second-order valence-corrected chi connectivity index (χ2v) is 6.29. The van der Waals surface area contributed by atoms with Gasteiger partial charge in [-0.3, -0.25) is 0 Å². The summed E-state index contributed by atoms with van der Waals surface area (Å²) >= 11 is 0. The third-order valence-electron chi connectivity index (χ3n) is 4.80. The summed E-state index contributed by atoms with van der Waals surface area (Å²) in [6, 6.07) is 7.84. The lowest BCUT2D eigenvalue weighted by molar-refractivity contribution is 0.384. The predicted molar refractivity (Wildman–Crippen MR) is 78.6 cm³/mol. The minimum absolute atomic E-state index is 0.536. The fourth-order valence-electron chi connectivity index (χ4n) is 3.72. The molecular weight excluding hydrogens is 234 g/mol. The molecule has 0 aromatic heterocycles. The summed E-state index contributed by atoms with van der Waals surface area (Å²) in [5.74, 6) is 1.89. The van der Waals surface area contributed by atoms with Gasteiger partial charge in [0.25, 0.3) is 0 Å². The van der Waals surface area contributed by atoms with E-state index in [0.717, 1.165) is 17.7 Å². The molecule has 2 aliphatic rings. The van der Waals surface area contributed by atoms with E-state index in [2.05, 4.69) is 30.4 Å². The summed E-state index contributed by atoms with van der Waals surface area (Å²) in [6.45, 7) is 2.37. The van der Waals surface area contributed by atoms with E-state index < -0.39 is 0 Å². The molecule has 2 aliphatic carbocycles. The minimum atomic E-state index is 0.536. The largest absolute Gasteiger partial charge is 0.497 e. The molecule has 1 N–H and O–H groups in total. The van der Waals surface area contributed by atoms with E-state index in [1.165, 1.54) is 49.7 Å². The molecule has 104 valence electrons. The Bertz CT molecular complexity index is 443. The number of fused-ring (bicyclic) bond motifs is 1. The van der Waals surface area contributed by atoms with E-state index in [9.17, 15) is 0 Å². The van der Waals surface area contributed by atoms with Crippen LogP contribution in [-0.4, -0.2) is 13.2 Å². The van der Waals surface area contributed by atoms with Gasteiger partial charge in [0.2, 0.25) is 0 Å². The molecule has 0 amide bonds. The van der Waals surface area contributed by atoms with Crippen molar-refractivity contribution >= 4 is 0 Å². The molecule has 0 spiro atoms. The average Bonchev–Trinajstić information content (AvgIpc) is 2.84. The zero-order valence-electron chi connectivity index (χ0n) is 12.1. The van der Waals surface area contributed by atoms with Crippen molar-refractivity contribution in [1.29, 1.82) is 0 Å². The summed E-state index contributed by atoms with van der Waals surface area (Å²) in [5.41, 5.74) is 2.99. The topological polar surface area (TPSA) is 21.3 Å². The first-order valence-electron chi connectivity index (χ1n) is 7.69. The number of methoxy groups -OCH3 is 1. The molecule has 0 bridgehead atoms. The zero-order chi connectivity index (χ0) is 13.2. The predicted octanol–water partition coefficient (Wildman–Crippen LogP) is 3.85. The van der Waals surface area contributed by atoms with Gasteiger partial charge >= 0.3 is 0 Å². The van der Waals surface area contributed by atoms with Crippen LogP contribution in [0.25, 0.3) is 0 Å². The van der Waals surface area contributed by atoms with Gasteiger partial charge in [0, 0.05) is 12.1 Å². The van der Waals surface area contributed by atoms with Crippen LogP contribution in [0, 0.1) is 5.92 Å². The zero-order valence-corrected chi connectivity index (χ0v) is 12.1. The number of rotatable bonds is 3.